The smallest absolute Gasteiger partial charge is 0.352 e. The zero-order chi connectivity index (χ0) is 15.2. The summed E-state index contributed by atoms with van der Waals surface area (Å²) in [7, 11) is -3.65. The van der Waals surface area contributed by atoms with Gasteiger partial charge in [0.15, 0.2) is 0 Å². The van der Waals surface area contributed by atoms with E-state index in [0.717, 1.165) is 32.1 Å². The number of carboxylic acid groups (broad SMARTS) is 1. The first-order valence-corrected chi connectivity index (χ1v) is 8.84. The van der Waals surface area contributed by atoms with Gasteiger partial charge in [-0.15, -0.1) is 0 Å². The number of aromatic carboxylic acids is 1. The standard InChI is InChI=1S/C14H20N2O4S/c1-9-3-2-4-12(9)15-21(19,20)11-7-13(14(17)18)16(8-11)10-5-6-10/h7-10,12,15H,2-6H2,1H3,(H,17,18). The highest BCUT2D eigenvalue weighted by Crippen LogP contribution is 2.37. The second-order valence-corrected chi connectivity index (χ2v) is 7.85. The molecule has 2 N–H and O–H groups in total. The number of rotatable bonds is 5. The summed E-state index contributed by atoms with van der Waals surface area (Å²) in [5, 5.41) is 9.21. The van der Waals surface area contributed by atoms with Crippen LogP contribution >= 0.6 is 0 Å². The Bertz CT molecular complexity index is 661. The summed E-state index contributed by atoms with van der Waals surface area (Å²) in [4.78, 5) is 11.3. The minimum absolute atomic E-state index is 0.0486. The molecule has 1 aromatic rings. The minimum atomic E-state index is -3.65. The van der Waals surface area contributed by atoms with Gasteiger partial charge in [0.1, 0.15) is 10.6 Å². The van der Waals surface area contributed by atoms with E-state index in [1.807, 2.05) is 6.92 Å². The monoisotopic (exact) mass is 312 g/mol. The van der Waals surface area contributed by atoms with Crippen molar-refractivity contribution in [1.82, 2.24) is 9.29 Å². The molecule has 21 heavy (non-hydrogen) atoms. The molecule has 1 aromatic heterocycles. The van der Waals surface area contributed by atoms with Crippen molar-refractivity contribution in [3.8, 4) is 0 Å². The number of hydrogen-bond donors (Lipinski definition) is 2. The molecular formula is C14H20N2O4S. The highest BCUT2D eigenvalue weighted by molar-refractivity contribution is 7.89. The van der Waals surface area contributed by atoms with E-state index in [4.69, 9.17) is 0 Å². The van der Waals surface area contributed by atoms with E-state index >= 15 is 0 Å². The summed E-state index contributed by atoms with van der Waals surface area (Å²) in [6, 6.07) is 1.35. The van der Waals surface area contributed by atoms with Crippen LogP contribution in [0.3, 0.4) is 0 Å². The lowest BCUT2D eigenvalue weighted by molar-refractivity contribution is 0.0685. The summed E-state index contributed by atoms with van der Waals surface area (Å²) < 4.78 is 29.2. The average Bonchev–Trinajstić information content (AvgIpc) is 3.01. The van der Waals surface area contributed by atoms with Gasteiger partial charge in [-0.2, -0.15) is 0 Å². The molecule has 2 atom stereocenters. The van der Waals surface area contributed by atoms with Crippen LogP contribution in [0.2, 0.25) is 0 Å². The van der Waals surface area contributed by atoms with E-state index in [9.17, 15) is 18.3 Å². The van der Waals surface area contributed by atoms with Crippen molar-refractivity contribution in [2.75, 3.05) is 0 Å². The third-order valence-electron chi connectivity index (χ3n) is 4.46. The van der Waals surface area contributed by atoms with Gasteiger partial charge in [0.05, 0.1) is 0 Å². The molecule has 0 saturated heterocycles. The molecule has 1 heterocycles. The van der Waals surface area contributed by atoms with Gasteiger partial charge in [-0.1, -0.05) is 13.3 Å². The molecular weight excluding hydrogens is 292 g/mol. The molecule has 0 radical (unpaired) electrons. The molecule has 116 valence electrons. The largest absolute Gasteiger partial charge is 0.477 e. The van der Waals surface area contributed by atoms with Crippen LogP contribution in [0.1, 0.15) is 55.6 Å². The summed E-state index contributed by atoms with van der Waals surface area (Å²) in [6.45, 7) is 2.04. The quantitative estimate of drug-likeness (QED) is 0.870. The number of sulfonamides is 1. The maximum absolute atomic E-state index is 12.4. The molecule has 2 fully saturated rings. The highest BCUT2D eigenvalue weighted by Gasteiger charge is 2.33. The van der Waals surface area contributed by atoms with Crippen molar-refractivity contribution in [3.63, 3.8) is 0 Å². The van der Waals surface area contributed by atoms with Crippen LogP contribution in [0.25, 0.3) is 0 Å². The summed E-state index contributed by atoms with van der Waals surface area (Å²) in [6.07, 6.45) is 6.16. The Balaban J connectivity index is 1.88. The van der Waals surface area contributed by atoms with E-state index in [0.29, 0.717) is 5.92 Å². The molecule has 3 rings (SSSR count). The van der Waals surface area contributed by atoms with Crippen LogP contribution in [0.5, 0.6) is 0 Å². The maximum atomic E-state index is 12.4. The van der Waals surface area contributed by atoms with E-state index in [1.165, 1.54) is 12.3 Å². The number of nitrogens with one attached hydrogen (secondary N) is 1. The normalized spacial score (nSPS) is 26.1. The molecule has 2 unspecified atom stereocenters. The number of carbonyl (C=O) groups is 1. The zero-order valence-corrected chi connectivity index (χ0v) is 12.8. The Kier molecular flexibility index (Phi) is 3.57. The number of nitrogens with zero attached hydrogens (tertiary/aromatic N) is 1. The van der Waals surface area contributed by atoms with Crippen molar-refractivity contribution in [2.45, 2.75) is 56.0 Å². The predicted molar refractivity (Wildman–Crippen MR) is 76.8 cm³/mol. The lowest BCUT2D eigenvalue weighted by Gasteiger charge is -2.16. The fourth-order valence-electron chi connectivity index (χ4n) is 3.01. The van der Waals surface area contributed by atoms with E-state index < -0.39 is 16.0 Å². The Morgan fingerprint density at radius 3 is 2.57 bits per heavy atom. The van der Waals surface area contributed by atoms with Crippen LogP contribution in [0.15, 0.2) is 17.2 Å². The molecule has 2 saturated carbocycles. The Morgan fingerprint density at radius 1 is 1.33 bits per heavy atom. The number of aromatic nitrogens is 1. The Morgan fingerprint density at radius 2 is 2.05 bits per heavy atom. The van der Waals surface area contributed by atoms with Crippen LogP contribution in [0.4, 0.5) is 0 Å². The Hall–Kier alpha value is -1.34. The van der Waals surface area contributed by atoms with E-state index in [1.54, 1.807) is 4.57 Å². The van der Waals surface area contributed by atoms with Crippen molar-refractivity contribution in [3.05, 3.63) is 18.0 Å². The van der Waals surface area contributed by atoms with Gasteiger partial charge in [0, 0.05) is 18.3 Å². The summed E-state index contributed by atoms with van der Waals surface area (Å²) >= 11 is 0. The second-order valence-electron chi connectivity index (χ2n) is 6.14. The molecule has 6 nitrogen and oxygen atoms in total. The van der Waals surface area contributed by atoms with Gasteiger partial charge in [0.25, 0.3) is 0 Å². The molecule has 0 aliphatic heterocycles. The third kappa shape index (κ3) is 2.85. The van der Waals surface area contributed by atoms with Gasteiger partial charge in [-0.25, -0.2) is 17.9 Å². The topological polar surface area (TPSA) is 88.4 Å². The van der Waals surface area contributed by atoms with Crippen LogP contribution in [0, 0.1) is 5.92 Å². The highest BCUT2D eigenvalue weighted by atomic mass is 32.2. The number of carboxylic acids is 1. The first-order valence-electron chi connectivity index (χ1n) is 7.36. The van der Waals surface area contributed by atoms with Gasteiger partial charge >= 0.3 is 5.97 Å². The summed E-state index contributed by atoms with van der Waals surface area (Å²) in [5.74, 6) is -0.762. The molecule has 2 aliphatic carbocycles. The summed E-state index contributed by atoms with van der Waals surface area (Å²) in [5.41, 5.74) is 0.0531. The Labute approximate surface area is 124 Å². The predicted octanol–water partition coefficient (Wildman–Crippen LogP) is 1.99. The first kappa shape index (κ1) is 14.6. The van der Waals surface area contributed by atoms with Crippen molar-refractivity contribution >= 4 is 16.0 Å². The van der Waals surface area contributed by atoms with Gasteiger partial charge in [-0.3, -0.25) is 0 Å². The average molecular weight is 312 g/mol. The fraction of sp³-hybridized carbons (Fsp3) is 0.643. The number of hydrogen-bond acceptors (Lipinski definition) is 3. The minimum Gasteiger partial charge on any atom is -0.477 e. The van der Waals surface area contributed by atoms with Gasteiger partial charge in [0.2, 0.25) is 10.0 Å². The molecule has 0 spiro atoms. The second kappa shape index (κ2) is 5.14. The molecule has 0 amide bonds. The van der Waals surface area contributed by atoms with Crippen LogP contribution in [-0.4, -0.2) is 30.1 Å². The SMILES string of the molecule is CC1CCCC1NS(=O)(=O)c1cc(C(=O)O)n(C2CC2)c1. The lowest BCUT2D eigenvalue weighted by Crippen LogP contribution is -2.36. The third-order valence-corrected chi connectivity index (χ3v) is 5.92. The van der Waals surface area contributed by atoms with Gasteiger partial charge in [-0.05, 0) is 37.7 Å². The molecule has 2 aliphatic rings. The zero-order valence-electron chi connectivity index (χ0n) is 11.9. The van der Waals surface area contributed by atoms with E-state index in [2.05, 4.69) is 4.72 Å². The van der Waals surface area contributed by atoms with Crippen molar-refractivity contribution < 1.29 is 18.3 Å². The fourth-order valence-corrected chi connectivity index (χ4v) is 4.42. The van der Waals surface area contributed by atoms with Crippen LogP contribution in [-0.2, 0) is 10.0 Å². The molecule has 7 heteroatoms. The van der Waals surface area contributed by atoms with Gasteiger partial charge < -0.3 is 9.67 Å². The lowest BCUT2D eigenvalue weighted by atomic mass is 10.1. The first-order chi connectivity index (χ1) is 9.88. The molecule has 0 aromatic carbocycles. The maximum Gasteiger partial charge on any atom is 0.352 e. The van der Waals surface area contributed by atoms with E-state index in [-0.39, 0.29) is 22.7 Å². The van der Waals surface area contributed by atoms with Crippen molar-refractivity contribution in [1.29, 1.82) is 0 Å². The molecule has 0 bridgehead atoms. The van der Waals surface area contributed by atoms with Crippen molar-refractivity contribution in [2.24, 2.45) is 5.92 Å². The van der Waals surface area contributed by atoms with Crippen LogP contribution < -0.4 is 4.72 Å².